The molecule has 0 atom stereocenters. The van der Waals surface area contributed by atoms with Crippen molar-refractivity contribution in [3.8, 4) is 11.3 Å². The van der Waals surface area contributed by atoms with Gasteiger partial charge in [0.05, 0.1) is 11.4 Å². The van der Waals surface area contributed by atoms with Crippen LogP contribution in [-0.4, -0.2) is 40.9 Å². The number of rotatable bonds is 8. The molecule has 0 radical (unpaired) electrons. The number of hydrogen-bond acceptors (Lipinski definition) is 6. The molecule has 0 saturated carbocycles. The van der Waals surface area contributed by atoms with Gasteiger partial charge < -0.3 is 14.2 Å². The van der Waals surface area contributed by atoms with E-state index in [1.165, 1.54) is 17.3 Å². The lowest BCUT2D eigenvalue weighted by atomic mass is 10.1. The topological polar surface area (TPSA) is 62.5 Å². The van der Waals surface area contributed by atoms with Crippen LogP contribution in [0.25, 0.3) is 11.3 Å². The fraction of sp³-hybridized carbons (Fsp3) is 0.250. The maximum absolute atomic E-state index is 12.6. The van der Waals surface area contributed by atoms with Crippen molar-refractivity contribution in [2.24, 2.45) is 0 Å². The van der Waals surface area contributed by atoms with E-state index >= 15 is 0 Å². The van der Waals surface area contributed by atoms with E-state index in [1.54, 1.807) is 6.07 Å². The van der Waals surface area contributed by atoms with Crippen molar-refractivity contribution in [2.75, 3.05) is 25.0 Å². The Morgan fingerprint density at radius 3 is 2.43 bits per heavy atom. The summed E-state index contributed by atoms with van der Waals surface area (Å²) >= 11 is 1.51. The summed E-state index contributed by atoms with van der Waals surface area (Å²) in [5.41, 5.74) is 3.14. The van der Waals surface area contributed by atoms with Crippen LogP contribution < -0.4 is 4.90 Å². The number of benzene rings is 2. The van der Waals surface area contributed by atoms with Crippen LogP contribution in [0.1, 0.15) is 34.7 Å². The second-order valence-corrected chi connectivity index (χ2v) is 9.60. The molecular formula is C28H28N4O2S. The van der Waals surface area contributed by atoms with E-state index in [4.69, 9.17) is 14.4 Å². The summed E-state index contributed by atoms with van der Waals surface area (Å²) in [4.78, 5) is 26.2. The Morgan fingerprint density at radius 2 is 1.69 bits per heavy atom. The highest BCUT2D eigenvalue weighted by atomic mass is 32.2. The molecule has 0 aliphatic carbocycles. The summed E-state index contributed by atoms with van der Waals surface area (Å²) < 4.78 is 5.87. The molecular weight excluding hydrogens is 456 g/mol. The number of thioether (sulfide) groups is 1. The molecule has 0 N–H and O–H groups in total. The number of furan rings is 1. The van der Waals surface area contributed by atoms with Gasteiger partial charge in [0.25, 0.3) is 5.91 Å². The van der Waals surface area contributed by atoms with E-state index < -0.39 is 0 Å². The van der Waals surface area contributed by atoms with Crippen LogP contribution in [0.15, 0.2) is 88.4 Å². The van der Waals surface area contributed by atoms with Crippen molar-refractivity contribution < 1.29 is 9.21 Å². The Balaban J connectivity index is 1.35. The zero-order chi connectivity index (χ0) is 24.0. The number of nitrogens with zero attached hydrogens (tertiary/aromatic N) is 4. The molecule has 178 valence electrons. The van der Waals surface area contributed by atoms with Crippen molar-refractivity contribution >= 4 is 23.5 Å². The Kier molecular flexibility index (Phi) is 7.14. The second kappa shape index (κ2) is 10.8. The van der Waals surface area contributed by atoms with Crippen LogP contribution in [0.4, 0.5) is 5.82 Å². The Morgan fingerprint density at radius 1 is 0.971 bits per heavy atom. The molecule has 2 aromatic heterocycles. The first-order chi connectivity index (χ1) is 17.2. The summed E-state index contributed by atoms with van der Waals surface area (Å²) in [5, 5.41) is 0.671. The number of likely N-dealkylation sites (tertiary alicyclic amines) is 1. The Labute approximate surface area is 210 Å². The molecule has 1 saturated heterocycles. The van der Waals surface area contributed by atoms with E-state index in [0.29, 0.717) is 16.7 Å². The molecule has 5 rings (SSSR count). The number of hydrogen-bond donors (Lipinski definition) is 0. The SMILES string of the molecule is CN(Cc1ccccc1)c1cc(-c2ccccc2)nc(SCc2ccc(C(=O)N3CCCC3)o2)n1. The van der Waals surface area contributed by atoms with Gasteiger partial charge in [-0.15, -0.1) is 0 Å². The van der Waals surface area contributed by atoms with Gasteiger partial charge in [0, 0.05) is 38.3 Å². The summed E-state index contributed by atoms with van der Waals surface area (Å²) in [6, 6.07) is 26.2. The first-order valence-corrected chi connectivity index (χ1v) is 12.8. The average molecular weight is 485 g/mol. The molecule has 3 heterocycles. The van der Waals surface area contributed by atoms with Gasteiger partial charge in [-0.3, -0.25) is 4.79 Å². The lowest BCUT2D eigenvalue weighted by Gasteiger charge is -2.19. The van der Waals surface area contributed by atoms with Gasteiger partial charge in [0.15, 0.2) is 10.9 Å². The first-order valence-electron chi connectivity index (χ1n) is 11.9. The van der Waals surface area contributed by atoms with Crippen molar-refractivity contribution in [2.45, 2.75) is 30.3 Å². The highest BCUT2D eigenvalue weighted by Crippen LogP contribution is 2.28. The van der Waals surface area contributed by atoms with Crippen molar-refractivity contribution in [3.63, 3.8) is 0 Å². The van der Waals surface area contributed by atoms with E-state index in [9.17, 15) is 4.79 Å². The zero-order valence-corrected chi connectivity index (χ0v) is 20.6. The maximum atomic E-state index is 12.6. The fourth-order valence-corrected chi connectivity index (χ4v) is 4.90. The van der Waals surface area contributed by atoms with Crippen LogP contribution in [0, 0.1) is 0 Å². The summed E-state index contributed by atoms with van der Waals surface area (Å²) in [5.74, 6) is 2.53. The minimum atomic E-state index is -0.0223. The van der Waals surface area contributed by atoms with Crippen LogP contribution in [-0.2, 0) is 12.3 Å². The monoisotopic (exact) mass is 484 g/mol. The fourth-order valence-electron chi connectivity index (χ4n) is 4.15. The maximum Gasteiger partial charge on any atom is 0.289 e. The van der Waals surface area contributed by atoms with Gasteiger partial charge in [0.2, 0.25) is 0 Å². The van der Waals surface area contributed by atoms with E-state index in [1.807, 2.05) is 60.5 Å². The smallest absolute Gasteiger partial charge is 0.289 e. The normalized spacial score (nSPS) is 13.2. The molecule has 0 spiro atoms. The van der Waals surface area contributed by atoms with Gasteiger partial charge >= 0.3 is 0 Å². The van der Waals surface area contributed by atoms with Gasteiger partial charge in [-0.1, -0.05) is 72.4 Å². The highest BCUT2D eigenvalue weighted by Gasteiger charge is 2.22. The lowest BCUT2D eigenvalue weighted by Crippen LogP contribution is -2.27. The minimum Gasteiger partial charge on any atom is -0.455 e. The quantitative estimate of drug-likeness (QED) is 0.229. The number of aromatic nitrogens is 2. The van der Waals surface area contributed by atoms with Crippen LogP contribution in [0.5, 0.6) is 0 Å². The Hall–Kier alpha value is -3.58. The average Bonchev–Trinajstić information content (AvgIpc) is 3.61. The van der Waals surface area contributed by atoms with E-state index in [2.05, 4.69) is 29.2 Å². The highest BCUT2D eigenvalue weighted by molar-refractivity contribution is 7.98. The molecule has 35 heavy (non-hydrogen) atoms. The third-order valence-corrected chi connectivity index (χ3v) is 6.89. The summed E-state index contributed by atoms with van der Waals surface area (Å²) in [6.45, 7) is 2.36. The van der Waals surface area contributed by atoms with Gasteiger partial charge in [-0.25, -0.2) is 9.97 Å². The van der Waals surface area contributed by atoms with Crippen molar-refractivity contribution in [1.29, 1.82) is 0 Å². The molecule has 2 aromatic carbocycles. The predicted octanol–water partition coefficient (Wildman–Crippen LogP) is 5.90. The van der Waals surface area contributed by atoms with Crippen LogP contribution in [0.2, 0.25) is 0 Å². The van der Waals surface area contributed by atoms with Gasteiger partial charge in [-0.2, -0.15) is 0 Å². The van der Waals surface area contributed by atoms with Crippen molar-refractivity contribution in [1.82, 2.24) is 14.9 Å². The zero-order valence-electron chi connectivity index (χ0n) is 19.8. The molecule has 1 fully saturated rings. The standard InChI is InChI=1S/C28H28N4O2S/c1-31(19-21-10-4-2-5-11-21)26-18-24(22-12-6-3-7-13-22)29-28(30-26)35-20-23-14-15-25(34-23)27(33)32-16-8-9-17-32/h2-7,10-15,18H,8-9,16-17,19-20H2,1H3. The number of carbonyl (C=O) groups is 1. The molecule has 0 unspecified atom stereocenters. The molecule has 1 aliphatic heterocycles. The van der Waals surface area contributed by atoms with E-state index in [0.717, 1.165) is 55.3 Å². The van der Waals surface area contributed by atoms with Crippen LogP contribution in [0.3, 0.4) is 0 Å². The lowest BCUT2D eigenvalue weighted by molar-refractivity contribution is 0.0760. The molecule has 0 bridgehead atoms. The molecule has 4 aromatic rings. The molecule has 1 aliphatic rings. The largest absolute Gasteiger partial charge is 0.455 e. The molecule has 6 nitrogen and oxygen atoms in total. The molecule has 1 amide bonds. The Bertz CT molecular complexity index is 1270. The first kappa shape index (κ1) is 23.2. The van der Waals surface area contributed by atoms with Crippen LogP contribution >= 0.6 is 11.8 Å². The van der Waals surface area contributed by atoms with Crippen molar-refractivity contribution in [3.05, 3.63) is 95.9 Å². The summed E-state index contributed by atoms with van der Waals surface area (Å²) in [6.07, 6.45) is 2.12. The van der Waals surface area contributed by atoms with Gasteiger partial charge in [-0.05, 0) is 30.5 Å². The minimum absolute atomic E-state index is 0.0223. The number of amides is 1. The number of anilines is 1. The third kappa shape index (κ3) is 5.74. The third-order valence-electron chi connectivity index (χ3n) is 6.02. The number of carbonyl (C=O) groups excluding carboxylic acids is 1. The van der Waals surface area contributed by atoms with E-state index in [-0.39, 0.29) is 5.91 Å². The molecule has 7 heteroatoms. The second-order valence-electron chi connectivity index (χ2n) is 8.66. The van der Waals surface area contributed by atoms with Gasteiger partial charge in [0.1, 0.15) is 11.6 Å². The summed E-state index contributed by atoms with van der Waals surface area (Å²) in [7, 11) is 2.04. The predicted molar refractivity (Wildman–Crippen MR) is 139 cm³/mol.